The zero-order valence-corrected chi connectivity index (χ0v) is 11.3. The minimum atomic E-state index is -0.358. The van der Waals surface area contributed by atoms with Crippen molar-refractivity contribution in [2.24, 2.45) is 0 Å². The molecule has 108 valence electrons. The van der Waals surface area contributed by atoms with E-state index < -0.39 is 0 Å². The van der Waals surface area contributed by atoms with E-state index in [0.29, 0.717) is 6.54 Å². The van der Waals surface area contributed by atoms with E-state index in [9.17, 15) is 9.59 Å². The number of methoxy groups -OCH3 is 1. The molecule has 1 aliphatic rings. The lowest BCUT2D eigenvalue weighted by atomic mass is 10.2. The number of carbonyl (C=O) groups is 1. The van der Waals surface area contributed by atoms with Crippen LogP contribution < -0.4 is 20.3 Å². The van der Waals surface area contributed by atoms with Crippen molar-refractivity contribution in [2.45, 2.75) is 6.54 Å². The number of benzene rings is 1. The largest absolute Gasteiger partial charge is 0.497 e. The van der Waals surface area contributed by atoms with Crippen LogP contribution in [0.3, 0.4) is 0 Å². The molecule has 1 aliphatic heterocycles. The Morgan fingerprint density at radius 2 is 2.10 bits per heavy atom. The van der Waals surface area contributed by atoms with E-state index in [1.54, 1.807) is 7.11 Å². The molecular weight excluding hydrogens is 274 g/mol. The molecule has 0 unspecified atom stereocenters. The Balaban J connectivity index is 1.90. The van der Waals surface area contributed by atoms with E-state index in [1.807, 2.05) is 24.3 Å². The zero-order chi connectivity index (χ0) is 14.8. The Hall–Kier alpha value is -2.83. The molecule has 0 saturated carbocycles. The lowest BCUT2D eigenvalue weighted by molar-refractivity contribution is -0.118. The molecule has 0 atom stereocenters. The standard InChI is InChI=1S/C14H13N3O4/c1-20-10-4-2-9(3-5-10)6-17-8-15-13-12(14(17)19)16-11(18)7-21-13/h2-5,8H,6-7H2,1H3,(H,16,18). The Morgan fingerprint density at radius 3 is 2.81 bits per heavy atom. The third kappa shape index (κ3) is 2.58. The molecule has 0 aliphatic carbocycles. The number of hydrogen-bond acceptors (Lipinski definition) is 5. The summed E-state index contributed by atoms with van der Waals surface area (Å²) in [6.45, 7) is 0.223. The third-order valence-electron chi connectivity index (χ3n) is 3.12. The quantitative estimate of drug-likeness (QED) is 0.895. The third-order valence-corrected chi connectivity index (χ3v) is 3.12. The molecule has 2 aromatic rings. The smallest absolute Gasteiger partial charge is 0.281 e. The number of ether oxygens (including phenoxy) is 2. The van der Waals surface area contributed by atoms with Gasteiger partial charge in [-0.3, -0.25) is 14.2 Å². The van der Waals surface area contributed by atoms with Gasteiger partial charge in [0.05, 0.1) is 13.7 Å². The topological polar surface area (TPSA) is 82.5 Å². The molecule has 1 N–H and O–H groups in total. The maximum absolute atomic E-state index is 12.3. The maximum atomic E-state index is 12.3. The number of nitrogens with zero attached hydrogens (tertiary/aromatic N) is 2. The fourth-order valence-electron chi connectivity index (χ4n) is 2.04. The second kappa shape index (κ2) is 5.28. The van der Waals surface area contributed by atoms with Crippen molar-refractivity contribution < 1.29 is 14.3 Å². The molecule has 7 heteroatoms. The van der Waals surface area contributed by atoms with Crippen molar-refractivity contribution >= 4 is 11.6 Å². The second-order valence-electron chi connectivity index (χ2n) is 4.54. The fourth-order valence-corrected chi connectivity index (χ4v) is 2.04. The molecule has 0 radical (unpaired) electrons. The highest BCUT2D eigenvalue weighted by molar-refractivity contribution is 5.94. The van der Waals surface area contributed by atoms with Gasteiger partial charge in [0.15, 0.2) is 12.3 Å². The lowest BCUT2D eigenvalue weighted by Gasteiger charge is -2.17. The normalized spacial score (nSPS) is 13.1. The van der Waals surface area contributed by atoms with Gasteiger partial charge in [-0.15, -0.1) is 0 Å². The number of hydrogen-bond donors (Lipinski definition) is 1. The minimum absolute atomic E-state index is 0.0854. The van der Waals surface area contributed by atoms with Gasteiger partial charge in [0.25, 0.3) is 11.5 Å². The summed E-state index contributed by atoms with van der Waals surface area (Å²) in [5.74, 6) is 0.546. The van der Waals surface area contributed by atoms with Gasteiger partial charge in [-0.25, -0.2) is 4.98 Å². The Labute approximate surface area is 120 Å². The summed E-state index contributed by atoms with van der Waals surface area (Å²) >= 11 is 0. The van der Waals surface area contributed by atoms with Crippen LogP contribution in [0, 0.1) is 0 Å². The highest BCUT2D eigenvalue weighted by atomic mass is 16.5. The lowest BCUT2D eigenvalue weighted by Crippen LogP contribution is -2.33. The number of amides is 1. The van der Waals surface area contributed by atoms with Crippen LogP contribution in [0.1, 0.15) is 5.56 Å². The first-order valence-electron chi connectivity index (χ1n) is 6.32. The molecule has 2 heterocycles. The van der Waals surface area contributed by atoms with Crippen LogP contribution in [0.4, 0.5) is 5.69 Å². The number of aromatic nitrogens is 2. The number of rotatable bonds is 3. The van der Waals surface area contributed by atoms with Crippen LogP contribution >= 0.6 is 0 Å². The molecule has 0 bridgehead atoms. The number of carbonyl (C=O) groups excluding carboxylic acids is 1. The molecule has 7 nitrogen and oxygen atoms in total. The summed E-state index contributed by atoms with van der Waals surface area (Å²) in [5.41, 5.74) is 0.661. The van der Waals surface area contributed by atoms with Crippen LogP contribution in [0.5, 0.6) is 11.6 Å². The van der Waals surface area contributed by atoms with E-state index in [-0.39, 0.29) is 29.6 Å². The fraction of sp³-hybridized carbons (Fsp3) is 0.214. The first-order valence-corrected chi connectivity index (χ1v) is 6.32. The van der Waals surface area contributed by atoms with Gasteiger partial charge < -0.3 is 14.8 Å². The Morgan fingerprint density at radius 1 is 1.33 bits per heavy atom. The second-order valence-corrected chi connectivity index (χ2v) is 4.54. The predicted molar refractivity (Wildman–Crippen MR) is 74.7 cm³/mol. The van der Waals surface area contributed by atoms with Gasteiger partial charge in [-0.2, -0.15) is 0 Å². The Bertz CT molecular complexity index is 737. The van der Waals surface area contributed by atoms with E-state index in [1.165, 1.54) is 10.9 Å². The SMILES string of the molecule is COc1ccc(Cn2cnc3c(c2=O)NC(=O)CO3)cc1. The first-order chi connectivity index (χ1) is 10.2. The van der Waals surface area contributed by atoms with Crippen LogP contribution in [-0.4, -0.2) is 29.2 Å². The molecular formula is C14H13N3O4. The first kappa shape index (κ1) is 13.2. The average molecular weight is 287 g/mol. The molecule has 1 aromatic carbocycles. The van der Waals surface area contributed by atoms with Crippen LogP contribution in [-0.2, 0) is 11.3 Å². The summed E-state index contributed by atoms with van der Waals surface area (Å²) in [4.78, 5) is 27.6. The summed E-state index contributed by atoms with van der Waals surface area (Å²) in [6, 6.07) is 7.35. The number of fused-ring (bicyclic) bond motifs is 1. The van der Waals surface area contributed by atoms with Crippen molar-refractivity contribution in [1.82, 2.24) is 9.55 Å². The number of anilines is 1. The molecule has 3 rings (SSSR count). The Kier molecular flexibility index (Phi) is 3.31. The summed E-state index contributed by atoms with van der Waals surface area (Å²) in [6.07, 6.45) is 1.41. The van der Waals surface area contributed by atoms with Crippen molar-refractivity contribution in [3.05, 3.63) is 46.5 Å². The zero-order valence-electron chi connectivity index (χ0n) is 11.3. The summed E-state index contributed by atoms with van der Waals surface area (Å²) in [7, 11) is 1.59. The highest BCUT2D eigenvalue weighted by Gasteiger charge is 2.21. The van der Waals surface area contributed by atoms with Crippen molar-refractivity contribution in [2.75, 3.05) is 19.0 Å². The molecule has 0 fully saturated rings. The van der Waals surface area contributed by atoms with Gasteiger partial charge in [-0.05, 0) is 17.7 Å². The predicted octanol–water partition coefficient (Wildman–Crippen LogP) is 0.631. The molecule has 0 saturated heterocycles. The summed E-state index contributed by atoms with van der Waals surface area (Å²) in [5, 5.41) is 2.49. The highest BCUT2D eigenvalue weighted by Crippen LogP contribution is 2.20. The maximum Gasteiger partial charge on any atom is 0.281 e. The average Bonchev–Trinajstić information content (AvgIpc) is 2.51. The van der Waals surface area contributed by atoms with Crippen molar-refractivity contribution in [1.29, 1.82) is 0 Å². The van der Waals surface area contributed by atoms with Crippen LogP contribution in [0.2, 0.25) is 0 Å². The van der Waals surface area contributed by atoms with E-state index in [4.69, 9.17) is 9.47 Å². The van der Waals surface area contributed by atoms with Gasteiger partial charge in [0, 0.05) is 0 Å². The molecule has 1 aromatic heterocycles. The minimum Gasteiger partial charge on any atom is -0.497 e. The van der Waals surface area contributed by atoms with Gasteiger partial charge in [-0.1, -0.05) is 12.1 Å². The number of nitrogens with one attached hydrogen (secondary N) is 1. The monoisotopic (exact) mass is 287 g/mol. The molecule has 21 heavy (non-hydrogen) atoms. The van der Waals surface area contributed by atoms with E-state index >= 15 is 0 Å². The van der Waals surface area contributed by atoms with Crippen LogP contribution in [0.15, 0.2) is 35.4 Å². The van der Waals surface area contributed by atoms with Gasteiger partial charge >= 0.3 is 0 Å². The van der Waals surface area contributed by atoms with Gasteiger partial charge in [0.1, 0.15) is 12.1 Å². The van der Waals surface area contributed by atoms with Crippen LogP contribution in [0.25, 0.3) is 0 Å². The van der Waals surface area contributed by atoms with Crippen molar-refractivity contribution in [3.8, 4) is 11.6 Å². The van der Waals surface area contributed by atoms with E-state index in [2.05, 4.69) is 10.3 Å². The van der Waals surface area contributed by atoms with Gasteiger partial charge in [0.2, 0.25) is 5.88 Å². The molecule has 1 amide bonds. The van der Waals surface area contributed by atoms with Crippen molar-refractivity contribution in [3.63, 3.8) is 0 Å². The summed E-state index contributed by atoms with van der Waals surface area (Å²) < 4.78 is 11.6. The van der Waals surface area contributed by atoms with E-state index in [0.717, 1.165) is 11.3 Å². The molecule has 0 spiro atoms.